The largest absolute Gasteiger partial charge is 0.505 e. The molecule has 0 spiro atoms. The molecule has 1 fully saturated rings. The van der Waals surface area contributed by atoms with Crippen molar-refractivity contribution in [3.63, 3.8) is 0 Å². The number of carbonyl (C=O) groups is 1. The molecule has 1 saturated carbocycles. The van der Waals surface area contributed by atoms with Crippen molar-refractivity contribution in [1.29, 1.82) is 0 Å². The van der Waals surface area contributed by atoms with Gasteiger partial charge in [0.15, 0.2) is 0 Å². The molecule has 1 aliphatic carbocycles. The van der Waals surface area contributed by atoms with Gasteiger partial charge in [-0.2, -0.15) is 0 Å². The van der Waals surface area contributed by atoms with Crippen molar-refractivity contribution in [3.05, 3.63) is 0 Å². The van der Waals surface area contributed by atoms with Crippen molar-refractivity contribution in [2.75, 3.05) is 12.5 Å². The highest BCUT2D eigenvalue weighted by atomic mass is 35.5. The summed E-state index contributed by atoms with van der Waals surface area (Å²) in [6.07, 6.45) is 3.05. The number of rotatable bonds is 3. The van der Waals surface area contributed by atoms with Crippen LogP contribution >= 0.6 is 11.6 Å². The van der Waals surface area contributed by atoms with Gasteiger partial charge in [-0.1, -0.05) is 12.8 Å². The fourth-order valence-electron chi connectivity index (χ4n) is 1.66. The minimum absolute atomic E-state index is 0.0695. The van der Waals surface area contributed by atoms with Gasteiger partial charge in [-0.05, 0) is 12.8 Å². The van der Waals surface area contributed by atoms with Crippen molar-refractivity contribution in [2.45, 2.75) is 25.7 Å². The Balaban J connectivity index is 2.39. The molecule has 70 valence electrons. The number of carboxylic acid groups (broad SMARTS) is 1. The Morgan fingerprint density at radius 2 is 2.08 bits per heavy atom. The van der Waals surface area contributed by atoms with Gasteiger partial charge in [0.05, 0.1) is 0 Å². The van der Waals surface area contributed by atoms with E-state index in [0.717, 1.165) is 25.7 Å². The van der Waals surface area contributed by atoms with Crippen LogP contribution in [0.25, 0.3) is 0 Å². The van der Waals surface area contributed by atoms with E-state index in [1.54, 1.807) is 0 Å². The van der Waals surface area contributed by atoms with Gasteiger partial charge in [0.2, 0.25) is 0 Å². The number of hydrogen-bond donors (Lipinski definition) is 1. The van der Waals surface area contributed by atoms with Crippen LogP contribution in [-0.4, -0.2) is 23.7 Å². The summed E-state index contributed by atoms with van der Waals surface area (Å²) < 4.78 is 4.55. The zero-order valence-corrected chi connectivity index (χ0v) is 7.64. The van der Waals surface area contributed by atoms with E-state index in [1.165, 1.54) is 0 Å². The second-order valence-electron chi connectivity index (χ2n) is 3.40. The first kappa shape index (κ1) is 9.65. The van der Waals surface area contributed by atoms with Gasteiger partial charge >= 0.3 is 6.16 Å². The van der Waals surface area contributed by atoms with Crippen LogP contribution in [0.3, 0.4) is 0 Å². The predicted molar refractivity (Wildman–Crippen MR) is 45.6 cm³/mol. The van der Waals surface area contributed by atoms with Crippen LogP contribution in [0, 0.1) is 5.41 Å². The molecule has 1 rings (SSSR count). The molecule has 1 N–H and O–H groups in total. The van der Waals surface area contributed by atoms with Crippen LogP contribution in [0.5, 0.6) is 0 Å². The minimum atomic E-state index is -1.20. The standard InChI is InChI=1S/C8H13ClO3/c9-5-8(3-1-2-4-8)6-12-7(10)11/h1-6H2,(H,10,11). The lowest BCUT2D eigenvalue weighted by Crippen LogP contribution is -2.26. The molecule has 0 bridgehead atoms. The Hall–Kier alpha value is -0.440. The maximum atomic E-state index is 10.1. The van der Waals surface area contributed by atoms with Gasteiger partial charge < -0.3 is 9.84 Å². The first-order valence-corrected chi connectivity index (χ1v) is 4.64. The van der Waals surface area contributed by atoms with E-state index in [1.807, 2.05) is 0 Å². The monoisotopic (exact) mass is 192 g/mol. The van der Waals surface area contributed by atoms with E-state index in [2.05, 4.69) is 4.74 Å². The molecule has 0 aromatic rings. The van der Waals surface area contributed by atoms with E-state index in [9.17, 15) is 4.79 Å². The van der Waals surface area contributed by atoms with Crippen LogP contribution in [-0.2, 0) is 4.74 Å². The fourth-order valence-corrected chi connectivity index (χ4v) is 2.00. The summed E-state index contributed by atoms with van der Waals surface area (Å²) in [6.45, 7) is 0.256. The Morgan fingerprint density at radius 1 is 1.50 bits per heavy atom. The maximum absolute atomic E-state index is 10.1. The summed E-state index contributed by atoms with van der Waals surface area (Å²) in [6, 6.07) is 0. The average molecular weight is 193 g/mol. The van der Waals surface area contributed by atoms with E-state index in [0.29, 0.717) is 5.88 Å². The summed E-state index contributed by atoms with van der Waals surface area (Å²) >= 11 is 5.78. The van der Waals surface area contributed by atoms with Gasteiger partial charge in [-0.3, -0.25) is 0 Å². The molecule has 0 saturated heterocycles. The summed E-state index contributed by atoms with van der Waals surface area (Å²) in [5, 5.41) is 8.32. The summed E-state index contributed by atoms with van der Waals surface area (Å²) in [5.74, 6) is 0.500. The zero-order valence-electron chi connectivity index (χ0n) is 6.88. The molecule has 0 aromatic heterocycles. The van der Waals surface area contributed by atoms with Gasteiger partial charge in [-0.15, -0.1) is 11.6 Å². The maximum Gasteiger partial charge on any atom is 0.505 e. The lowest BCUT2D eigenvalue weighted by Gasteiger charge is -2.24. The molecular weight excluding hydrogens is 180 g/mol. The first-order valence-electron chi connectivity index (χ1n) is 4.10. The molecule has 0 atom stereocenters. The first-order chi connectivity index (χ1) is 5.68. The zero-order chi connectivity index (χ0) is 9.03. The molecule has 1 aliphatic rings. The molecule has 0 amide bonds. The molecule has 4 heteroatoms. The highest BCUT2D eigenvalue weighted by Gasteiger charge is 2.34. The van der Waals surface area contributed by atoms with E-state index >= 15 is 0 Å². The quantitative estimate of drug-likeness (QED) is 0.552. The molecule has 0 unspecified atom stereocenters. The normalized spacial score (nSPS) is 20.8. The van der Waals surface area contributed by atoms with E-state index < -0.39 is 6.16 Å². The Labute approximate surface area is 76.7 Å². The summed E-state index contributed by atoms with van der Waals surface area (Å²) in [5.41, 5.74) is -0.0695. The van der Waals surface area contributed by atoms with Crippen molar-refractivity contribution in [3.8, 4) is 0 Å². The van der Waals surface area contributed by atoms with Gasteiger partial charge in [-0.25, -0.2) is 4.79 Å². The molecule has 0 heterocycles. The minimum Gasteiger partial charge on any atom is -0.450 e. The molecular formula is C8H13ClO3. The van der Waals surface area contributed by atoms with E-state index in [-0.39, 0.29) is 12.0 Å². The van der Waals surface area contributed by atoms with Crippen LogP contribution in [0.4, 0.5) is 4.79 Å². The Kier molecular flexibility index (Phi) is 3.20. The summed E-state index contributed by atoms with van der Waals surface area (Å²) in [7, 11) is 0. The second-order valence-corrected chi connectivity index (χ2v) is 3.66. The highest BCUT2D eigenvalue weighted by Crippen LogP contribution is 2.39. The Morgan fingerprint density at radius 3 is 2.50 bits per heavy atom. The van der Waals surface area contributed by atoms with Crippen molar-refractivity contribution in [1.82, 2.24) is 0 Å². The van der Waals surface area contributed by atoms with Crippen LogP contribution < -0.4 is 0 Å². The third-order valence-electron chi connectivity index (χ3n) is 2.45. The number of ether oxygens (including phenoxy) is 1. The third kappa shape index (κ3) is 2.27. The lowest BCUT2D eigenvalue weighted by atomic mass is 9.90. The SMILES string of the molecule is O=C(O)OCC1(CCl)CCCC1. The third-order valence-corrected chi connectivity index (χ3v) is 3.02. The fraction of sp³-hybridized carbons (Fsp3) is 0.875. The predicted octanol–water partition coefficient (Wildman–Crippen LogP) is 2.48. The summed E-state index contributed by atoms with van der Waals surface area (Å²) in [4.78, 5) is 10.1. The van der Waals surface area contributed by atoms with Crippen molar-refractivity contribution < 1.29 is 14.6 Å². The number of halogens is 1. The van der Waals surface area contributed by atoms with Crippen LogP contribution in [0.2, 0.25) is 0 Å². The molecule has 3 nitrogen and oxygen atoms in total. The molecule has 0 aliphatic heterocycles. The Bertz CT molecular complexity index is 164. The molecule has 0 radical (unpaired) electrons. The highest BCUT2D eigenvalue weighted by molar-refractivity contribution is 6.18. The van der Waals surface area contributed by atoms with E-state index in [4.69, 9.17) is 16.7 Å². The second kappa shape index (κ2) is 3.99. The topological polar surface area (TPSA) is 46.5 Å². The van der Waals surface area contributed by atoms with Crippen molar-refractivity contribution >= 4 is 17.8 Å². The van der Waals surface area contributed by atoms with Gasteiger partial charge in [0.25, 0.3) is 0 Å². The van der Waals surface area contributed by atoms with Crippen LogP contribution in [0.1, 0.15) is 25.7 Å². The smallest absolute Gasteiger partial charge is 0.450 e. The number of hydrogen-bond acceptors (Lipinski definition) is 2. The number of alkyl halides is 1. The average Bonchev–Trinajstić information content (AvgIpc) is 2.50. The molecule has 0 aromatic carbocycles. The van der Waals surface area contributed by atoms with Crippen molar-refractivity contribution in [2.24, 2.45) is 5.41 Å². The van der Waals surface area contributed by atoms with Crippen LogP contribution in [0.15, 0.2) is 0 Å². The van der Waals surface area contributed by atoms with Gasteiger partial charge in [0, 0.05) is 11.3 Å². The lowest BCUT2D eigenvalue weighted by molar-refractivity contribution is 0.0546. The van der Waals surface area contributed by atoms with Gasteiger partial charge in [0.1, 0.15) is 6.61 Å². The molecule has 12 heavy (non-hydrogen) atoms.